The highest BCUT2D eigenvalue weighted by molar-refractivity contribution is 9.10. The summed E-state index contributed by atoms with van der Waals surface area (Å²) in [4.78, 5) is 13.2. The molecule has 1 unspecified atom stereocenters. The zero-order chi connectivity index (χ0) is 15.2. The minimum absolute atomic E-state index is 0.0918. The van der Waals surface area contributed by atoms with E-state index in [0.717, 1.165) is 15.6 Å². The van der Waals surface area contributed by atoms with Crippen molar-refractivity contribution in [3.05, 3.63) is 70.2 Å². The zero-order valence-electron chi connectivity index (χ0n) is 11.9. The zero-order valence-corrected chi connectivity index (χ0v) is 13.5. The average Bonchev–Trinajstić information content (AvgIpc) is 2.45. The van der Waals surface area contributed by atoms with Crippen LogP contribution in [0.1, 0.15) is 23.6 Å². The number of carbonyl (C=O) groups is 1. The number of carboxylic acid groups (broad SMARTS) is 1. The van der Waals surface area contributed by atoms with Gasteiger partial charge in [0.15, 0.2) is 0 Å². The molecule has 4 heteroatoms. The van der Waals surface area contributed by atoms with Gasteiger partial charge in [-0.25, -0.2) is 0 Å². The van der Waals surface area contributed by atoms with Crippen molar-refractivity contribution in [1.29, 1.82) is 0 Å². The third-order valence-electron chi connectivity index (χ3n) is 3.41. The minimum atomic E-state index is -0.787. The summed E-state index contributed by atoms with van der Waals surface area (Å²) in [5.41, 5.74) is 2.18. The van der Waals surface area contributed by atoms with Gasteiger partial charge in [-0.1, -0.05) is 58.4 Å². The van der Waals surface area contributed by atoms with Crippen molar-refractivity contribution in [3.63, 3.8) is 0 Å². The van der Waals surface area contributed by atoms with E-state index in [9.17, 15) is 9.90 Å². The van der Waals surface area contributed by atoms with Crippen molar-refractivity contribution in [2.24, 2.45) is 0 Å². The number of halogens is 1. The van der Waals surface area contributed by atoms with E-state index < -0.39 is 5.97 Å². The van der Waals surface area contributed by atoms with Crippen LogP contribution in [0.25, 0.3) is 0 Å². The van der Waals surface area contributed by atoms with Gasteiger partial charge in [0, 0.05) is 17.1 Å². The second kappa shape index (κ2) is 7.38. The van der Waals surface area contributed by atoms with Crippen LogP contribution >= 0.6 is 15.9 Å². The Labute approximate surface area is 133 Å². The van der Waals surface area contributed by atoms with Crippen LogP contribution in [0, 0.1) is 0 Å². The van der Waals surface area contributed by atoms with E-state index in [-0.39, 0.29) is 12.5 Å². The molecule has 0 aliphatic carbocycles. The number of benzene rings is 2. The summed E-state index contributed by atoms with van der Waals surface area (Å²) in [5.74, 6) is -0.787. The lowest BCUT2D eigenvalue weighted by Crippen LogP contribution is -2.26. The summed E-state index contributed by atoms with van der Waals surface area (Å²) in [6.07, 6.45) is 0.0918. The van der Waals surface area contributed by atoms with Gasteiger partial charge in [0.1, 0.15) is 0 Å². The van der Waals surface area contributed by atoms with Gasteiger partial charge in [0.05, 0.1) is 6.42 Å². The van der Waals surface area contributed by atoms with Crippen LogP contribution in [0.3, 0.4) is 0 Å². The van der Waals surface area contributed by atoms with Gasteiger partial charge in [-0.15, -0.1) is 0 Å². The fourth-order valence-electron chi connectivity index (χ4n) is 2.40. The van der Waals surface area contributed by atoms with Crippen molar-refractivity contribution < 1.29 is 9.90 Å². The Kier molecular flexibility index (Phi) is 5.53. The lowest BCUT2D eigenvalue weighted by Gasteiger charge is -2.27. The summed E-state index contributed by atoms with van der Waals surface area (Å²) in [6, 6.07) is 17.7. The molecule has 2 aromatic rings. The van der Waals surface area contributed by atoms with Gasteiger partial charge in [0.2, 0.25) is 0 Å². The number of aliphatic carboxylic acids is 1. The molecule has 3 nitrogen and oxygen atoms in total. The molecule has 0 fully saturated rings. The summed E-state index contributed by atoms with van der Waals surface area (Å²) >= 11 is 3.46. The molecule has 0 spiro atoms. The number of carboxylic acids is 1. The van der Waals surface area contributed by atoms with Crippen LogP contribution in [0.4, 0.5) is 0 Å². The minimum Gasteiger partial charge on any atom is -0.481 e. The Hall–Kier alpha value is -1.65. The quantitative estimate of drug-likeness (QED) is 0.855. The van der Waals surface area contributed by atoms with E-state index in [0.29, 0.717) is 6.54 Å². The predicted octanol–water partition coefficient (Wildman–Crippen LogP) is 4.10. The Morgan fingerprint density at radius 2 is 1.90 bits per heavy atom. The molecule has 0 heterocycles. The van der Waals surface area contributed by atoms with Crippen LogP contribution in [-0.4, -0.2) is 23.0 Å². The van der Waals surface area contributed by atoms with Gasteiger partial charge in [-0.05, 0) is 30.3 Å². The first-order valence-corrected chi connectivity index (χ1v) is 7.57. The van der Waals surface area contributed by atoms with E-state index in [2.05, 4.69) is 26.9 Å². The standard InChI is InChI=1S/C17H18BrNO2/c1-19(12-13-6-5-9-15(18)10-13)16(11-17(20)21)14-7-3-2-4-8-14/h2-10,16H,11-12H2,1H3,(H,20,21). The number of hydrogen-bond donors (Lipinski definition) is 1. The molecule has 0 aliphatic heterocycles. The van der Waals surface area contributed by atoms with Gasteiger partial charge >= 0.3 is 5.97 Å². The molecule has 2 aromatic carbocycles. The van der Waals surface area contributed by atoms with Gasteiger partial charge in [-0.2, -0.15) is 0 Å². The number of nitrogens with zero attached hydrogens (tertiary/aromatic N) is 1. The summed E-state index contributed by atoms with van der Waals surface area (Å²) in [6.45, 7) is 0.701. The normalized spacial score (nSPS) is 12.3. The second-order valence-corrected chi connectivity index (χ2v) is 5.99. The van der Waals surface area contributed by atoms with Crippen LogP contribution in [0.2, 0.25) is 0 Å². The van der Waals surface area contributed by atoms with Gasteiger partial charge < -0.3 is 5.11 Å². The van der Waals surface area contributed by atoms with E-state index in [1.165, 1.54) is 0 Å². The predicted molar refractivity (Wildman–Crippen MR) is 87.0 cm³/mol. The Bertz CT molecular complexity index is 601. The third-order valence-corrected chi connectivity index (χ3v) is 3.90. The topological polar surface area (TPSA) is 40.5 Å². The van der Waals surface area contributed by atoms with E-state index >= 15 is 0 Å². The molecule has 0 aliphatic rings. The first-order valence-electron chi connectivity index (χ1n) is 6.77. The van der Waals surface area contributed by atoms with Crippen LogP contribution in [0.5, 0.6) is 0 Å². The van der Waals surface area contributed by atoms with Crippen LogP contribution < -0.4 is 0 Å². The highest BCUT2D eigenvalue weighted by atomic mass is 79.9. The fourth-order valence-corrected chi connectivity index (χ4v) is 2.85. The third kappa shape index (κ3) is 4.69. The van der Waals surface area contributed by atoms with E-state index in [4.69, 9.17) is 0 Å². The molecule has 21 heavy (non-hydrogen) atoms. The van der Waals surface area contributed by atoms with Gasteiger partial charge in [0.25, 0.3) is 0 Å². The van der Waals surface area contributed by atoms with Crippen LogP contribution in [0.15, 0.2) is 59.1 Å². The summed E-state index contributed by atoms with van der Waals surface area (Å²) < 4.78 is 1.03. The molecule has 0 aromatic heterocycles. The van der Waals surface area contributed by atoms with Gasteiger partial charge in [-0.3, -0.25) is 9.69 Å². The summed E-state index contributed by atoms with van der Waals surface area (Å²) in [5, 5.41) is 9.17. The van der Waals surface area contributed by atoms with Crippen molar-refractivity contribution in [2.45, 2.75) is 19.0 Å². The molecule has 2 rings (SSSR count). The molecule has 1 atom stereocenters. The molecule has 0 bridgehead atoms. The highest BCUT2D eigenvalue weighted by Gasteiger charge is 2.20. The second-order valence-electron chi connectivity index (χ2n) is 5.07. The molecule has 1 N–H and O–H groups in total. The molecule has 0 radical (unpaired) electrons. The van der Waals surface area contributed by atoms with Crippen molar-refractivity contribution in [1.82, 2.24) is 4.90 Å². The molecule has 0 saturated heterocycles. The van der Waals surface area contributed by atoms with Crippen LogP contribution in [-0.2, 0) is 11.3 Å². The Morgan fingerprint density at radius 3 is 2.52 bits per heavy atom. The number of rotatable bonds is 6. The highest BCUT2D eigenvalue weighted by Crippen LogP contribution is 2.25. The molecule has 0 saturated carbocycles. The first kappa shape index (κ1) is 15.7. The maximum Gasteiger partial charge on any atom is 0.305 e. The lowest BCUT2D eigenvalue weighted by molar-refractivity contribution is -0.138. The van der Waals surface area contributed by atoms with Crippen molar-refractivity contribution >= 4 is 21.9 Å². The summed E-state index contributed by atoms with van der Waals surface area (Å²) in [7, 11) is 1.96. The SMILES string of the molecule is CN(Cc1cccc(Br)c1)C(CC(=O)O)c1ccccc1. The number of hydrogen-bond acceptors (Lipinski definition) is 2. The first-order chi connectivity index (χ1) is 10.1. The maximum absolute atomic E-state index is 11.2. The molecule has 110 valence electrons. The fraction of sp³-hybridized carbons (Fsp3) is 0.235. The van der Waals surface area contributed by atoms with E-state index in [1.54, 1.807) is 0 Å². The smallest absolute Gasteiger partial charge is 0.305 e. The largest absolute Gasteiger partial charge is 0.481 e. The van der Waals surface area contributed by atoms with Crippen molar-refractivity contribution in [2.75, 3.05) is 7.05 Å². The lowest BCUT2D eigenvalue weighted by atomic mass is 10.0. The Morgan fingerprint density at radius 1 is 1.19 bits per heavy atom. The maximum atomic E-state index is 11.2. The van der Waals surface area contributed by atoms with Crippen molar-refractivity contribution in [3.8, 4) is 0 Å². The van der Waals surface area contributed by atoms with E-state index in [1.807, 2.05) is 55.6 Å². The average molecular weight is 348 g/mol. The monoisotopic (exact) mass is 347 g/mol. The molecular weight excluding hydrogens is 330 g/mol. The molecular formula is C17H18BrNO2. The Balaban J connectivity index is 2.18. The molecule has 0 amide bonds.